The van der Waals surface area contributed by atoms with Crippen molar-refractivity contribution in [2.75, 3.05) is 5.32 Å². The predicted molar refractivity (Wildman–Crippen MR) is 93.5 cm³/mol. The molecule has 1 amide bonds. The molecule has 1 aromatic carbocycles. The third kappa shape index (κ3) is 4.02. The first-order valence-corrected chi connectivity index (χ1v) is 8.30. The molecule has 2 aromatic heterocycles. The van der Waals surface area contributed by atoms with E-state index in [1.54, 1.807) is 23.7 Å². The number of aromatic nitrogens is 2. The number of nitrogens with one attached hydrogen (secondary N) is 1. The molecule has 3 aromatic rings. The molecule has 0 spiro atoms. The topological polar surface area (TPSA) is 54.9 Å². The average molecular weight is 323 g/mol. The van der Waals surface area contributed by atoms with Crippen LogP contribution in [-0.4, -0.2) is 15.9 Å². The molecule has 0 fully saturated rings. The summed E-state index contributed by atoms with van der Waals surface area (Å²) >= 11 is 1.61. The van der Waals surface area contributed by atoms with Crippen LogP contribution in [0.5, 0.6) is 0 Å². The van der Waals surface area contributed by atoms with E-state index >= 15 is 0 Å². The van der Waals surface area contributed by atoms with Crippen molar-refractivity contribution in [2.24, 2.45) is 0 Å². The summed E-state index contributed by atoms with van der Waals surface area (Å²) in [6.07, 6.45) is 4.48. The van der Waals surface area contributed by atoms with Gasteiger partial charge in [0, 0.05) is 23.6 Å². The van der Waals surface area contributed by atoms with Gasteiger partial charge in [0.1, 0.15) is 0 Å². The van der Waals surface area contributed by atoms with Crippen LogP contribution in [0.15, 0.2) is 54.2 Å². The summed E-state index contributed by atoms with van der Waals surface area (Å²) in [6, 6.07) is 11.9. The van der Waals surface area contributed by atoms with E-state index in [0.717, 1.165) is 27.5 Å². The maximum Gasteiger partial charge on any atom is 0.224 e. The fourth-order valence-corrected chi connectivity index (χ4v) is 2.99. The van der Waals surface area contributed by atoms with Gasteiger partial charge in [-0.15, -0.1) is 11.3 Å². The Morgan fingerprint density at radius 2 is 2.04 bits per heavy atom. The monoisotopic (exact) mass is 323 g/mol. The van der Waals surface area contributed by atoms with Crippen LogP contribution in [0.1, 0.15) is 17.1 Å². The molecule has 0 aliphatic heterocycles. The van der Waals surface area contributed by atoms with Crippen LogP contribution in [0, 0.1) is 6.92 Å². The van der Waals surface area contributed by atoms with Gasteiger partial charge in [-0.2, -0.15) is 0 Å². The molecule has 0 bridgehead atoms. The minimum Gasteiger partial charge on any atom is -0.324 e. The van der Waals surface area contributed by atoms with E-state index in [4.69, 9.17) is 0 Å². The highest BCUT2D eigenvalue weighted by molar-refractivity contribution is 7.09. The molecule has 0 aliphatic carbocycles. The van der Waals surface area contributed by atoms with Gasteiger partial charge >= 0.3 is 0 Å². The third-order valence-electron chi connectivity index (χ3n) is 3.45. The number of benzene rings is 1. The van der Waals surface area contributed by atoms with Crippen molar-refractivity contribution in [3.63, 3.8) is 0 Å². The molecule has 0 unspecified atom stereocenters. The molecule has 3 rings (SSSR count). The Labute approximate surface area is 139 Å². The number of rotatable bonds is 5. The molecule has 0 atom stereocenters. The number of aryl methyl sites for hydroxylation is 2. The molecule has 5 heteroatoms. The molecule has 0 saturated heterocycles. The number of carbonyl (C=O) groups excluding carboxylic acids is 1. The lowest BCUT2D eigenvalue weighted by Crippen LogP contribution is -2.13. The maximum absolute atomic E-state index is 12.2. The number of nitrogens with zero attached hydrogens (tertiary/aromatic N) is 2. The number of anilines is 1. The standard InChI is InChI=1S/C18H17N3OS/c1-13-20-15(12-23-13)7-8-18(22)21-17-11-19-10-9-16(17)14-5-3-2-4-6-14/h2-6,9-12H,7-8H2,1H3,(H,21,22). The number of thiazole rings is 1. The number of hydrogen-bond donors (Lipinski definition) is 1. The number of amides is 1. The first kappa shape index (κ1) is 15.4. The normalized spacial score (nSPS) is 10.5. The summed E-state index contributed by atoms with van der Waals surface area (Å²) < 4.78 is 0. The first-order valence-electron chi connectivity index (χ1n) is 7.42. The van der Waals surface area contributed by atoms with E-state index in [0.29, 0.717) is 12.8 Å². The lowest BCUT2D eigenvalue weighted by atomic mass is 10.1. The second kappa shape index (κ2) is 7.15. The van der Waals surface area contributed by atoms with Crippen LogP contribution in [0.25, 0.3) is 11.1 Å². The lowest BCUT2D eigenvalue weighted by molar-refractivity contribution is -0.116. The highest BCUT2D eigenvalue weighted by Crippen LogP contribution is 2.26. The Bertz CT molecular complexity index is 799. The molecule has 0 saturated carbocycles. The van der Waals surface area contributed by atoms with Crippen molar-refractivity contribution >= 4 is 22.9 Å². The van der Waals surface area contributed by atoms with Crippen molar-refractivity contribution < 1.29 is 4.79 Å². The summed E-state index contributed by atoms with van der Waals surface area (Å²) in [4.78, 5) is 20.7. The molecular weight excluding hydrogens is 306 g/mol. The van der Waals surface area contributed by atoms with Gasteiger partial charge in [0.15, 0.2) is 0 Å². The largest absolute Gasteiger partial charge is 0.324 e. The third-order valence-corrected chi connectivity index (χ3v) is 4.28. The Morgan fingerprint density at radius 3 is 2.78 bits per heavy atom. The van der Waals surface area contributed by atoms with E-state index in [1.165, 1.54) is 0 Å². The van der Waals surface area contributed by atoms with Crippen LogP contribution in [0.3, 0.4) is 0 Å². The van der Waals surface area contributed by atoms with Crippen LogP contribution in [0.4, 0.5) is 5.69 Å². The van der Waals surface area contributed by atoms with Gasteiger partial charge in [-0.3, -0.25) is 9.78 Å². The molecule has 2 heterocycles. The van der Waals surface area contributed by atoms with E-state index < -0.39 is 0 Å². The zero-order chi connectivity index (χ0) is 16.1. The minimum atomic E-state index is -0.0270. The zero-order valence-electron chi connectivity index (χ0n) is 12.8. The predicted octanol–water partition coefficient (Wildman–Crippen LogP) is 4.08. The van der Waals surface area contributed by atoms with Gasteiger partial charge in [-0.05, 0) is 25.0 Å². The Balaban J connectivity index is 1.69. The van der Waals surface area contributed by atoms with Gasteiger partial charge in [0.2, 0.25) is 5.91 Å². The quantitative estimate of drug-likeness (QED) is 0.769. The van der Waals surface area contributed by atoms with Crippen molar-refractivity contribution in [1.29, 1.82) is 0 Å². The number of carbonyl (C=O) groups is 1. The van der Waals surface area contributed by atoms with E-state index in [2.05, 4.69) is 15.3 Å². The van der Waals surface area contributed by atoms with Gasteiger partial charge in [0.05, 0.1) is 22.6 Å². The molecule has 0 radical (unpaired) electrons. The van der Waals surface area contributed by atoms with Gasteiger partial charge in [-0.1, -0.05) is 30.3 Å². The van der Waals surface area contributed by atoms with Crippen molar-refractivity contribution in [3.8, 4) is 11.1 Å². The Hall–Kier alpha value is -2.53. The maximum atomic E-state index is 12.2. The number of hydrogen-bond acceptors (Lipinski definition) is 4. The van der Waals surface area contributed by atoms with Crippen LogP contribution in [-0.2, 0) is 11.2 Å². The SMILES string of the molecule is Cc1nc(CCC(=O)Nc2cnccc2-c2ccccc2)cs1. The summed E-state index contributed by atoms with van der Waals surface area (Å²) in [7, 11) is 0. The summed E-state index contributed by atoms with van der Waals surface area (Å²) in [6.45, 7) is 1.97. The lowest BCUT2D eigenvalue weighted by Gasteiger charge is -2.10. The highest BCUT2D eigenvalue weighted by atomic mass is 32.1. The van der Waals surface area contributed by atoms with Gasteiger partial charge < -0.3 is 5.32 Å². The molecule has 23 heavy (non-hydrogen) atoms. The van der Waals surface area contributed by atoms with Crippen molar-refractivity contribution in [3.05, 3.63) is 64.9 Å². The van der Waals surface area contributed by atoms with Crippen molar-refractivity contribution in [1.82, 2.24) is 9.97 Å². The minimum absolute atomic E-state index is 0.0270. The van der Waals surface area contributed by atoms with Crippen molar-refractivity contribution in [2.45, 2.75) is 19.8 Å². The molecular formula is C18H17N3OS. The second-order valence-electron chi connectivity index (χ2n) is 5.19. The average Bonchev–Trinajstić information content (AvgIpc) is 3.00. The fraction of sp³-hybridized carbons (Fsp3) is 0.167. The fourth-order valence-electron chi connectivity index (χ4n) is 2.34. The highest BCUT2D eigenvalue weighted by Gasteiger charge is 2.09. The molecule has 116 valence electrons. The summed E-state index contributed by atoms with van der Waals surface area (Å²) in [5.41, 5.74) is 3.73. The van der Waals surface area contributed by atoms with Crippen LogP contribution in [0.2, 0.25) is 0 Å². The molecule has 0 aliphatic rings. The van der Waals surface area contributed by atoms with Gasteiger partial charge in [0.25, 0.3) is 0 Å². The smallest absolute Gasteiger partial charge is 0.224 e. The van der Waals surface area contributed by atoms with E-state index in [1.807, 2.05) is 48.7 Å². The summed E-state index contributed by atoms with van der Waals surface area (Å²) in [5, 5.41) is 5.99. The van der Waals surface area contributed by atoms with Crippen LogP contribution >= 0.6 is 11.3 Å². The first-order chi connectivity index (χ1) is 11.2. The van der Waals surface area contributed by atoms with Crippen LogP contribution < -0.4 is 5.32 Å². The Kier molecular flexibility index (Phi) is 4.78. The second-order valence-corrected chi connectivity index (χ2v) is 6.26. The summed E-state index contributed by atoms with van der Waals surface area (Å²) in [5.74, 6) is -0.0270. The molecule has 1 N–H and O–H groups in total. The van der Waals surface area contributed by atoms with E-state index in [9.17, 15) is 4.79 Å². The van der Waals surface area contributed by atoms with E-state index in [-0.39, 0.29) is 5.91 Å². The Morgan fingerprint density at radius 1 is 1.22 bits per heavy atom. The number of pyridine rings is 1. The van der Waals surface area contributed by atoms with Gasteiger partial charge in [-0.25, -0.2) is 4.98 Å². The zero-order valence-corrected chi connectivity index (χ0v) is 13.6. The molecule has 4 nitrogen and oxygen atoms in total.